The predicted octanol–water partition coefficient (Wildman–Crippen LogP) is 3.69. The second kappa shape index (κ2) is 9.16. The number of ketones is 1. The average Bonchev–Trinajstić information content (AvgIpc) is 3.10. The lowest BCUT2D eigenvalue weighted by molar-refractivity contribution is -0.140. The number of hydrogen-bond acceptors (Lipinski definition) is 4. The van der Waals surface area contributed by atoms with Crippen molar-refractivity contribution in [2.24, 2.45) is 4.99 Å². The summed E-state index contributed by atoms with van der Waals surface area (Å²) in [7, 11) is 1.40. The van der Waals surface area contributed by atoms with E-state index >= 15 is 0 Å². The van der Waals surface area contributed by atoms with Crippen LogP contribution in [0.15, 0.2) is 47.5 Å². The number of carbonyl (C=O) groups is 2. The molecule has 0 saturated heterocycles. The first kappa shape index (κ1) is 18.1. The van der Waals surface area contributed by atoms with Crippen LogP contribution in [-0.2, 0) is 20.7 Å². The van der Waals surface area contributed by atoms with E-state index in [1.807, 2.05) is 42.5 Å². The second-order valence-electron chi connectivity index (χ2n) is 6.11. The van der Waals surface area contributed by atoms with E-state index < -0.39 is 5.54 Å². The van der Waals surface area contributed by atoms with Crippen LogP contribution in [0.3, 0.4) is 0 Å². The molecule has 0 saturated carbocycles. The van der Waals surface area contributed by atoms with E-state index in [2.05, 4.69) is 9.73 Å². The lowest BCUT2D eigenvalue weighted by Gasteiger charge is -2.23. The van der Waals surface area contributed by atoms with Crippen LogP contribution in [0.1, 0.15) is 44.1 Å². The fourth-order valence-electron chi connectivity index (χ4n) is 2.94. The molecule has 1 atom stereocenters. The van der Waals surface area contributed by atoms with E-state index in [4.69, 9.17) is 0 Å². The summed E-state index contributed by atoms with van der Waals surface area (Å²) in [5, 5.41) is 0. The van der Waals surface area contributed by atoms with Crippen molar-refractivity contribution in [3.05, 3.63) is 48.0 Å². The minimum Gasteiger partial charge on any atom is -0.469 e. The summed E-state index contributed by atoms with van der Waals surface area (Å²) in [6.07, 6.45) is 10.4. The van der Waals surface area contributed by atoms with Crippen molar-refractivity contribution in [2.45, 2.75) is 50.5 Å². The highest BCUT2D eigenvalue weighted by Gasteiger charge is 2.35. The van der Waals surface area contributed by atoms with Crippen LogP contribution in [0.4, 0.5) is 0 Å². The molecule has 0 aromatic heterocycles. The summed E-state index contributed by atoms with van der Waals surface area (Å²) >= 11 is 0. The van der Waals surface area contributed by atoms with Crippen LogP contribution in [0.25, 0.3) is 0 Å². The molecule has 1 aliphatic heterocycles. The number of hydrogen-bond donors (Lipinski definition) is 0. The van der Waals surface area contributed by atoms with Crippen molar-refractivity contribution >= 4 is 18.0 Å². The van der Waals surface area contributed by atoms with Crippen LogP contribution in [0, 0.1) is 0 Å². The molecule has 1 unspecified atom stereocenters. The first-order chi connectivity index (χ1) is 11.7. The summed E-state index contributed by atoms with van der Waals surface area (Å²) in [6.45, 7) is 0. The molecule has 0 radical (unpaired) electrons. The van der Waals surface area contributed by atoms with E-state index in [1.54, 1.807) is 6.21 Å². The van der Waals surface area contributed by atoms with Crippen LogP contribution < -0.4 is 0 Å². The van der Waals surface area contributed by atoms with Gasteiger partial charge in [0, 0.05) is 19.1 Å². The Morgan fingerprint density at radius 1 is 1.08 bits per heavy atom. The first-order valence-electron chi connectivity index (χ1n) is 8.53. The molecular formula is C20H25NO3. The van der Waals surface area contributed by atoms with Gasteiger partial charge in [-0.05, 0) is 37.0 Å². The maximum atomic E-state index is 12.7. The highest BCUT2D eigenvalue weighted by Crippen LogP contribution is 2.28. The number of carbonyl (C=O) groups excluding carboxylic acids is 2. The SMILES string of the molecule is COC(=O)CCCCCC1(C(=O)CCc2ccccc2)C=CC=N1. The Morgan fingerprint density at radius 3 is 2.54 bits per heavy atom. The third kappa shape index (κ3) is 5.15. The summed E-state index contributed by atoms with van der Waals surface area (Å²) in [5.41, 5.74) is 0.477. The van der Waals surface area contributed by atoms with Crippen molar-refractivity contribution in [2.75, 3.05) is 7.11 Å². The summed E-state index contributed by atoms with van der Waals surface area (Å²) in [6, 6.07) is 10.0. The molecule has 1 aromatic carbocycles. The Morgan fingerprint density at radius 2 is 1.88 bits per heavy atom. The molecule has 0 amide bonds. The number of Topliss-reactive ketones (excluding diaryl/α,β-unsaturated/α-hetero) is 1. The molecule has 0 aliphatic carbocycles. The van der Waals surface area contributed by atoms with Gasteiger partial charge in [0.25, 0.3) is 0 Å². The van der Waals surface area contributed by atoms with E-state index in [0.717, 1.165) is 25.7 Å². The number of unbranched alkanes of at least 4 members (excludes halogenated alkanes) is 2. The highest BCUT2D eigenvalue weighted by molar-refractivity contribution is 5.96. The zero-order chi connectivity index (χ0) is 17.3. The molecule has 1 heterocycles. The van der Waals surface area contributed by atoms with Gasteiger partial charge in [-0.3, -0.25) is 14.6 Å². The van der Waals surface area contributed by atoms with Crippen LogP contribution in [-0.4, -0.2) is 30.6 Å². The largest absolute Gasteiger partial charge is 0.469 e. The number of aryl methyl sites for hydroxylation is 1. The molecule has 4 heteroatoms. The number of allylic oxidation sites excluding steroid dienone is 1. The summed E-state index contributed by atoms with van der Waals surface area (Å²) in [4.78, 5) is 28.3. The molecule has 0 spiro atoms. The molecule has 0 N–H and O–H groups in total. The summed E-state index contributed by atoms with van der Waals surface area (Å²) < 4.78 is 4.63. The minimum atomic E-state index is -0.694. The maximum Gasteiger partial charge on any atom is 0.305 e. The predicted molar refractivity (Wildman–Crippen MR) is 95.2 cm³/mol. The van der Waals surface area contributed by atoms with Crippen LogP contribution in [0.2, 0.25) is 0 Å². The molecular weight excluding hydrogens is 302 g/mol. The number of esters is 1. The topological polar surface area (TPSA) is 55.7 Å². The molecule has 0 fully saturated rings. The molecule has 1 aliphatic rings. The van der Waals surface area contributed by atoms with Crippen molar-refractivity contribution in [3.8, 4) is 0 Å². The van der Waals surface area contributed by atoms with Gasteiger partial charge in [-0.15, -0.1) is 0 Å². The van der Waals surface area contributed by atoms with Gasteiger partial charge in [-0.2, -0.15) is 0 Å². The third-order valence-electron chi connectivity index (χ3n) is 4.40. The molecule has 0 bridgehead atoms. The number of methoxy groups -OCH3 is 1. The first-order valence-corrected chi connectivity index (χ1v) is 8.53. The van der Waals surface area contributed by atoms with E-state index in [1.165, 1.54) is 12.7 Å². The average molecular weight is 327 g/mol. The van der Waals surface area contributed by atoms with E-state index in [9.17, 15) is 9.59 Å². The van der Waals surface area contributed by atoms with Crippen molar-refractivity contribution < 1.29 is 14.3 Å². The molecule has 24 heavy (non-hydrogen) atoms. The van der Waals surface area contributed by atoms with E-state index in [-0.39, 0.29) is 11.8 Å². The lowest BCUT2D eigenvalue weighted by atomic mass is 9.86. The lowest BCUT2D eigenvalue weighted by Crippen LogP contribution is -2.33. The Bertz CT molecular complexity index is 593. The number of benzene rings is 1. The smallest absolute Gasteiger partial charge is 0.305 e. The highest BCUT2D eigenvalue weighted by atomic mass is 16.5. The maximum absolute atomic E-state index is 12.7. The van der Waals surface area contributed by atoms with Crippen molar-refractivity contribution in [3.63, 3.8) is 0 Å². The molecule has 4 nitrogen and oxygen atoms in total. The molecule has 128 valence electrons. The van der Waals surface area contributed by atoms with Crippen molar-refractivity contribution in [1.29, 1.82) is 0 Å². The Labute approximate surface area is 143 Å². The summed E-state index contributed by atoms with van der Waals surface area (Å²) in [5.74, 6) is -0.00763. The van der Waals surface area contributed by atoms with Crippen molar-refractivity contribution in [1.82, 2.24) is 0 Å². The van der Waals surface area contributed by atoms with Gasteiger partial charge in [-0.25, -0.2) is 0 Å². The number of rotatable bonds is 10. The Kier molecular flexibility index (Phi) is 6.91. The quantitative estimate of drug-likeness (QED) is 0.486. The van der Waals surface area contributed by atoms with Gasteiger partial charge in [0.1, 0.15) is 5.54 Å². The zero-order valence-electron chi connectivity index (χ0n) is 14.2. The normalized spacial score (nSPS) is 18.7. The fourth-order valence-corrected chi connectivity index (χ4v) is 2.94. The van der Waals surface area contributed by atoms with Gasteiger partial charge >= 0.3 is 5.97 Å². The Hall–Kier alpha value is -2.23. The standard InChI is InChI=1S/C20H25NO3/c1-24-19(23)11-6-3-7-14-20(15-8-16-21-20)18(22)13-12-17-9-4-2-5-10-17/h2,4-5,8-10,15-16H,3,6-7,11-14H2,1H3. The number of ether oxygens (including phenoxy) is 1. The Balaban J connectivity index is 1.81. The zero-order valence-corrected chi connectivity index (χ0v) is 14.2. The van der Waals surface area contributed by atoms with Crippen LogP contribution in [0.5, 0.6) is 0 Å². The van der Waals surface area contributed by atoms with Gasteiger partial charge in [0.2, 0.25) is 0 Å². The fraction of sp³-hybridized carbons (Fsp3) is 0.450. The molecule has 1 aromatic rings. The number of aliphatic imine (C=N–C) groups is 1. The van der Waals surface area contributed by atoms with Gasteiger partial charge in [-0.1, -0.05) is 43.2 Å². The van der Waals surface area contributed by atoms with Crippen LogP contribution >= 0.6 is 0 Å². The monoisotopic (exact) mass is 327 g/mol. The second-order valence-corrected chi connectivity index (χ2v) is 6.11. The van der Waals surface area contributed by atoms with Gasteiger partial charge < -0.3 is 4.74 Å². The minimum absolute atomic E-state index is 0.171. The third-order valence-corrected chi connectivity index (χ3v) is 4.40. The van der Waals surface area contributed by atoms with E-state index in [0.29, 0.717) is 19.3 Å². The molecule has 2 rings (SSSR count). The number of nitrogens with zero attached hydrogens (tertiary/aromatic N) is 1. The van der Waals surface area contributed by atoms with Gasteiger partial charge in [0.05, 0.1) is 7.11 Å². The van der Waals surface area contributed by atoms with Gasteiger partial charge in [0.15, 0.2) is 5.78 Å².